The van der Waals surface area contributed by atoms with Gasteiger partial charge in [0.2, 0.25) is 0 Å². The summed E-state index contributed by atoms with van der Waals surface area (Å²) in [4.78, 5) is 72.9. The van der Waals surface area contributed by atoms with E-state index in [1.807, 2.05) is 0 Å². The van der Waals surface area contributed by atoms with Gasteiger partial charge in [0.05, 0.1) is 26.4 Å². The van der Waals surface area contributed by atoms with Crippen LogP contribution in [0.25, 0.3) is 0 Å². The summed E-state index contributed by atoms with van der Waals surface area (Å²) in [7, 11) is -9.92. The molecule has 0 aliphatic heterocycles. The van der Waals surface area contributed by atoms with Gasteiger partial charge in [0.1, 0.15) is 19.3 Å². The molecule has 0 aromatic carbocycles. The van der Waals surface area contributed by atoms with Gasteiger partial charge >= 0.3 is 39.5 Å². The average Bonchev–Trinajstić information content (AvgIpc) is 1.30. The zero-order valence-corrected chi connectivity index (χ0v) is 65.5. The van der Waals surface area contributed by atoms with Crippen molar-refractivity contribution in [1.29, 1.82) is 0 Å². The first-order valence-electron chi connectivity index (χ1n) is 40.3. The van der Waals surface area contributed by atoms with Crippen LogP contribution in [0.15, 0.2) is 0 Å². The summed E-state index contributed by atoms with van der Waals surface area (Å²) in [5.74, 6) is 1.02. The van der Waals surface area contributed by atoms with Crippen LogP contribution in [0.3, 0.4) is 0 Å². The van der Waals surface area contributed by atoms with Crippen LogP contribution in [0, 0.1) is 23.7 Å². The predicted octanol–water partition coefficient (Wildman–Crippen LogP) is 22.8. The Morgan fingerprint density at radius 2 is 0.495 bits per heavy atom. The number of hydrogen-bond acceptors (Lipinski definition) is 15. The first kappa shape index (κ1) is 95.1. The molecule has 0 heterocycles. The predicted molar refractivity (Wildman–Crippen MR) is 395 cm³/mol. The molecule has 576 valence electrons. The Labute approximate surface area is 594 Å². The van der Waals surface area contributed by atoms with Gasteiger partial charge < -0.3 is 33.8 Å². The topological polar surface area (TPSA) is 237 Å². The fraction of sp³-hybridized carbons (Fsp3) is 0.949. The molecule has 0 saturated carbocycles. The molecule has 8 atom stereocenters. The second-order valence-corrected chi connectivity index (χ2v) is 32.2. The lowest BCUT2D eigenvalue weighted by Gasteiger charge is -2.21. The van der Waals surface area contributed by atoms with Crippen molar-refractivity contribution in [2.24, 2.45) is 23.7 Å². The van der Waals surface area contributed by atoms with Gasteiger partial charge in [-0.15, -0.1) is 0 Å². The van der Waals surface area contributed by atoms with Crippen molar-refractivity contribution in [3.63, 3.8) is 0 Å². The smallest absolute Gasteiger partial charge is 0.462 e. The van der Waals surface area contributed by atoms with E-state index in [9.17, 15) is 43.2 Å². The molecule has 0 spiro atoms. The summed E-state index contributed by atoms with van der Waals surface area (Å²) in [6.45, 7) is 14.2. The Morgan fingerprint density at radius 1 is 0.289 bits per heavy atom. The number of aliphatic hydroxyl groups excluding tert-OH is 1. The summed E-state index contributed by atoms with van der Waals surface area (Å²) >= 11 is 0. The molecule has 3 N–H and O–H groups in total. The third kappa shape index (κ3) is 68.3. The Morgan fingerprint density at radius 3 is 0.732 bits per heavy atom. The molecule has 0 rings (SSSR count). The molecule has 0 fully saturated rings. The van der Waals surface area contributed by atoms with Gasteiger partial charge in [0.25, 0.3) is 0 Å². The fourth-order valence-electron chi connectivity index (χ4n) is 11.8. The maximum absolute atomic E-state index is 13.1. The number of phosphoric acid groups is 2. The monoisotopic (exact) mass is 1420 g/mol. The van der Waals surface area contributed by atoms with E-state index in [0.717, 1.165) is 114 Å². The summed E-state index contributed by atoms with van der Waals surface area (Å²) in [5, 5.41) is 10.6. The second-order valence-electron chi connectivity index (χ2n) is 29.3. The van der Waals surface area contributed by atoms with Gasteiger partial charge in [-0.05, 0) is 49.4 Å². The van der Waals surface area contributed by atoms with Crippen LogP contribution < -0.4 is 0 Å². The van der Waals surface area contributed by atoms with E-state index >= 15 is 0 Å². The molecule has 0 amide bonds. The van der Waals surface area contributed by atoms with Crippen LogP contribution in [-0.2, 0) is 65.4 Å². The quantitative estimate of drug-likeness (QED) is 0.0222. The van der Waals surface area contributed by atoms with Crippen molar-refractivity contribution in [1.82, 2.24) is 0 Å². The van der Waals surface area contributed by atoms with Crippen molar-refractivity contribution in [3.8, 4) is 0 Å². The van der Waals surface area contributed by atoms with Crippen LogP contribution in [0.5, 0.6) is 0 Å². The van der Waals surface area contributed by atoms with Crippen LogP contribution in [0.4, 0.5) is 0 Å². The maximum atomic E-state index is 13.1. The van der Waals surface area contributed by atoms with E-state index in [2.05, 4.69) is 55.4 Å². The number of hydrogen-bond donors (Lipinski definition) is 3. The lowest BCUT2D eigenvalue weighted by molar-refractivity contribution is -0.161. The molecule has 0 aromatic rings. The highest BCUT2D eigenvalue weighted by Crippen LogP contribution is 2.45. The van der Waals surface area contributed by atoms with Crippen LogP contribution in [0.1, 0.15) is 396 Å². The highest BCUT2D eigenvalue weighted by Gasteiger charge is 2.30. The van der Waals surface area contributed by atoms with E-state index in [0.29, 0.717) is 25.7 Å². The van der Waals surface area contributed by atoms with Gasteiger partial charge in [-0.3, -0.25) is 37.3 Å². The first-order chi connectivity index (χ1) is 46.7. The molecular weight excluding hydrogens is 1270 g/mol. The molecule has 0 radical (unpaired) electrons. The Hall–Kier alpha value is -1.94. The third-order valence-corrected chi connectivity index (χ3v) is 21.1. The molecule has 0 aliphatic carbocycles. The minimum atomic E-state index is -4.96. The number of ether oxygens (including phenoxy) is 4. The first-order valence-corrected chi connectivity index (χ1v) is 43.3. The van der Waals surface area contributed by atoms with E-state index < -0.39 is 97.5 Å². The Bertz CT molecular complexity index is 1910. The summed E-state index contributed by atoms with van der Waals surface area (Å²) in [6, 6.07) is 0. The van der Waals surface area contributed by atoms with Crippen LogP contribution in [0.2, 0.25) is 0 Å². The minimum Gasteiger partial charge on any atom is -0.462 e. The molecule has 19 heteroatoms. The Balaban J connectivity index is 5.20. The standard InChI is InChI=1S/C78H152O17P2/c1-9-69(6)55-47-39-31-22-20-18-16-14-12-13-15-17-19-21-23-36-44-52-60-77(82)94-73(64-89-76(81)59-51-43-35-28-25-32-40-48-56-70(7)10-2)66-92-96(84,85)90-62-72(79)63-91-97(86,87)93-67-74(65-88-75(80)58-50-42-34-27-24-30-38-46-54-68(4)5)95-78(83)61-53-45-37-29-26-33-41-49-57-71(8)11-3/h68-74,79H,9-67H2,1-8H3,(H,84,85)(H,86,87)/t69?,70?,71?,72?,73-,74-/m1/s1. The van der Waals surface area contributed by atoms with E-state index in [4.69, 9.17) is 37.0 Å². The molecule has 0 aromatic heterocycles. The summed E-state index contributed by atoms with van der Waals surface area (Å²) < 4.78 is 68.6. The fourth-order valence-corrected chi connectivity index (χ4v) is 13.4. The SMILES string of the molecule is CCC(C)CCCCCCCCCCCCCCCCCCCCC(=O)O[C@H](COC(=O)CCCCCCCCCCC(C)CC)COP(=O)(O)OCC(O)COP(=O)(O)OC[C@@H](COC(=O)CCCCCCCCCCC(C)C)OC(=O)CCCCCCCCCCC(C)CC. The van der Waals surface area contributed by atoms with Gasteiger partial charge in [0, 0.05) is 25.7 Å². The second kappa shape index (κ2) is 67.2. The highest BCUT2D eigenvalue weighted by atomic mass is 31.2. The van der Waals surface area contributed by atoms with Gasteiger partial charge in [-0.2, -0.15) is 0 Å². The van der Waals surface area contributed by atoms with Gasteiger partial charge in [-0.1, -0.05) is 344 Å². The van der Waals surface area contributed by atoms with Crippen LogP contribution >= 0.6 is 15.6 Å². The summed E-state index contributed by atoms with van der Waals surface area (Å²) in [6.07, 6.45) is 52.7. The minimum absolute atomic E-state index is 0.104. The number of unbranched alkanes of at least 4 members (excludes halogenated alkanes) is 38. The van der Waals surface area contributed by atoms with Crippen LogP contribution in [-0.4, -0.2) is 96.7 Å². The van der Waals surface area contributed by atoms with Crippen molar-refractivity contribution in [2.45, 2.75) is 414 Å². The molecule has 97 heavy (non-hydrogen) atoms. The normalized spacial score (nSPS) is 14.9. The zero-order chi connectivity index (χ0) is 71.7. The molecule has 17 nitrogen and oxygen atoms in total. The number of esters is 4. The van der Waals surface area contributed by atoms with Crippen molar-refractivity contribution in [2.75, 3.05) is 39.6 Å². The highest BCUT2D eigenvalue weighted by molar-refractivity contribution is 7.47. The lowest BCUT2D eigenvalue weighted by Crippen LogP contribution is -2.30. The average molecular weight is 1420 g/mol. The number of carbonyl (C=O) groups excluding carboxylic acids is 4. The van der Waals surface area contributed by atoms with Crippen molar-refractivity contribution < 1.29 is 80.2 Å². The molecule has 0 bridgehead atoms. The molecule has 0 saturated heterocycles. The van der Waals surface area contributed by atoms with Crippen molar-refractivity contribution >= 4 is 39.5 Å². The lowest BCUT2D eigenvalue weighted by atomic mass is 9.99. The Kier molecular flexibility index (Phi) is 65.9. The largest absolute Gasteiger partial charge is 0.472 e. The molecule has 0 aliphatic rings. The van der Waals surface area contributed by atoms with Gasteiger partial charge in [0.15, 0.2) is 12.2 Å². The number of rotatable bonds is 75. The zero-order valence-electron chi connectivity index (χ0n) is 63.7. The van der Waals surface area contributed by atoms with E-state index in [1.54, 1.807) is 0 Å². The third-order valence-electron chi connectivity index (χ3n) is 19.2. The number of aliphatic hydroxyl groups is 1. The number of carbonyl (C=O) groups is 4. The molecule has 6 unspecified atom stereocenters. The van der Waals surface area contributed by atoms with Crippen molar-refractivity contribution in [3.05, 3.63) is 0 Å². The maximum Gasteiger partial charge on any atom is 0.472 e. The van der Waals surface area contributed by atoms with Gasteiger partial charge in [-0.25, -0.2) is 9.13 Å². The summed E-state index contributed by atoms with van der Waals surface area (Å²) in [5.41, 5.74) is 0. The van der Waals surface area contributed by atoms with E-state index in [1.165, 1.54) is 199 Å². The molecular formula is C78H152O17P2. The van der Waals surface area contributed by atoms with E-state index in [-0.39, 0.29) is 25.7 Å². The number of phosphoric ester groups is 2.